The number of nitrogens with one attached hydrogen (secondary N) is 1. The molecule has 1 aromatic heterocycles. The van der Waals surface area contributed by atoms with E-state index in [9.17, 15) is 18.0 Å². The van der Waals surface area contributed by atoms with Crippen molar-refractivity contribution < 1.29 is 22.6 Å². The van der Waals surface area contributed by atoms with Gasteiger partial charge in [-0.3, -0.25) is 9.78 Å². The first-order valence-corrected chi connectivity index (χ1v) is 11.4. The molecule has 4 rings (SSSR count). The minimum absolute atomic E-state index is 0.0190. The van der Waals surface area contributed by atoms with Gasteiger partial charge in [-0.15, -0.1) is 0 Å². The Morgan fingerprint density at radius 3 is 2.30 bits per heavy atom. The van der Waals surface area contributed by atoms with Crippen LogP contribution in [0.2, 0.25) is 5.02 Å². The Kier molecular flexibility index (Phi) is 7.80. The Hall–Kier alpha value is -4.29. The van der Waals surface area contributed by atoms with Gasteiger partial charge in [-0.25, -0.2) is 4.98 Å². The molecule has 1 N–H and O–H groups in total. The molecule has 0 saturated heterocycles. The minimum Gasteiger partial charge on any atom is -0.464 e. The summed E-state index contributed by atoms with van der Waals surface area (Å²) in [5, 5.41) is 8.48. The average Bonchev–Trinajstić information content (AvgIpc) is 2.87. The molecule has 0 atom stereocenters. The zero-order valence-corrected chi connectivity index (χ0v) is 19.9. The number of hydrogen-bond donors (Lipinski definition) is 1. The lowest BCUT2D eigenvalue weighted by atomic mass is 10.1. The third-order valence-corrected chi connectivity index (χ3v) is 5.69. The Morgan fingerprint density at radius 2 is 1.65 bits per heavy atom. The van der Waals surface area contributed by atoms with Crippen LogP contribution in [-0.4, -0.2) is 16.6 Å². The quantitative estimate of drug-likeness (QED) is 0.291. The van der Waals surface area contributed by atoms with Gasteiger partial charge in [0.15, 0.2) is 0 Å². The number of alkyl halides is 3. The molecule has 188 valence electrons. The highest BCUT2D eigenvalue weighted by molar-refractivity contribution is 6.31. The van der Waals surface area contributed by atoms with Gasteiger partial charge in [-0.1, -0.05) is 35.9 Å². The van der Waals surface area contributed by atoms with Gasteiger partial charge in [0.1, 0.15) is 11.5 Å². The fourth-order valence-electron chi connectivity index (χ4n) is 3.43. The summed E-state index contributed by atoms with van der Waals surface area (Å²) in [7, 11) is 0. The first kappa shape index (κ1) is 25.8. The summed E-state index contributed by atoms with van der Waals surface area (Å²) in [4.78, 5) is 19.1. The van der Waals surface area contributed by atoms with E-state index in [1.807, 2.05) is 6.07 Å². The molecule has 3 aromatic carbocycles. The monoisotopic (exact) mass is 525 g/mol. The molecule has 0 saturated carbocycles. The van der Waals surface area contributed by atoms with E-state index < -0.39 is 16.8 Å². The number of nitriles is 1. The summed E-state index contributed by atoms with van der Waals surface area (Å²) in [5.41, 5.74) is 1.50. The summed E-state index contributed by atoms with van der Waals surface area (Å²) < 4.78 is 50.2. The predicted octanol–water partition coefficient (Wildman–Crippen LogP) is 6.32. The van der Waals surface area contributed by atoms with E-state index in [1.165, 1.54) is 12.3 Å². The van der Waals surface area contributed by atoms with Crippen LogP contribution in [0, 0.1) is 11.3 Å². The molecule has 0 bridgehead atoms. The Balaban J connectivity index is 1.30. The number of halogens is 4. The normalized spacial score (nSPS) is 11.1. The maximum atomic E-state index is 13.0. The molecule has 0 radical (unpaired) electrons. The average molecular weight is 526 g/mol. The molecular weight excluding hydrogens is 507 g/mol. The molecule has 0 spiro atoms. The standard InChI is InChI=1S/C27H19ClF3N3O3/c28-24-10-9-22(14-23(24)27(29,30)31)37-21-7-5-17(6-8-21)11-12-36-26-33-16-20(25(35)34-26)13-18-1-3-19(15-32)4-2-18/h1-10,14,16H,11-13H2,(H,33,34,35). The summed E-state index contributed by atoms with van der Waals surface area (Å²) in [6.07, 6.45) is -2.25. The number of benzene rings is 3. The number of nitrogens with zero attached hydrogens (tertiary/aromatic N) is 2. The van der Waals surface area contributed by atoms with Crippen molar-refractivity contribution in [2.75, 3.05) is 6.61 Å². The number of hydrogen-bond acceptors (Lipinski definition) is 5. The molecule has 10 heteroatoms. The van der Waals surface area contributed by atoms with Gasteiger partial charge < -0.3 is 9.47 Å². The smallest absolute Gasteiger partial charge is 0.417 e. The van der Waals surface area contributed by atoms with E-state index in [2.05, 4.69) is 9.97 Å². The Labute approximate surface area is 214 Å². The second-order valence-corrected chi connectivity index (χ2v) is 8.42. The topological polar surface area (TPSA) is 88.0 Å². The number of H-pyrrole nitrogens is 1. The first-order chi connectivity index (χ1) is 17.7. The van der Waals surface area contributed by atoms with Gasteiger partial charge in [-0.05, 0) is 53.6 Å². The Morgan fingerprint density at radius 1 is 0.973 bits per heavy atom. The third kappa shape index (κ3) is 6.90. The summed E-state index contributed by atoms with van der Waals surface area (Å²) in [6, 6.07) is 19.2. The van der Waals surface area contributed by atoms with Crippen LogP contribution in [0.4, 0.5) is 13.2 Å². The Bertz CT molecular complexity index is 1480. The maximum Gasteiger partial charge on any atom is 0.417 e. The van der Waals surface area contributed by atoms with Gasteiger partial charge in [0, 0.05) is 24.6 Å². The predicted molar refractivity (Wildman–Crippen MR) is 131 cm³/mol. The van der Waals surface area contributed by atoms with Crippen LogP contribution in [0.25, 0.3) is 0 Å². The molecule has 0 aliphatic heterocycles. The first-order valence-electron chi connectivity index (χ1n) is 11.0. The van der Waals surface area contributed by atoms with Crippen LogP contribution in [-0.2, 0) is 19.0 Å². The summed E-state index contributed by atoms with van der Waals surface area (Å²) >= 11 is 5.64. The van der Waals surface area contributed by atoms with Crippen molar-refractivity contribution in [2.24, 2.45) is 0 Å². The number of aromatic nitrogens is 2. The van der Waals surface area contributed by atoms with E-state index in [0.717, 1.165) is 23.3 Å². The van der Waals surface area contributed by atoms with E-state index >= 15 is 0 Å². The molecule has 37 heavy (non-hydrogen) atoms. The van der Waals surface area contributed by atoms with Crippen molar-refractivity contribution in [3.05, 3.63) is 116 Å². The lowest BCUT2D eigenvalue weighted by Crippen LogP contribution is -2.16. The molecular formula is C27H19ClF3N3O3. The number of ether oxygens (including phenoxy) is 2. The molecule has 0 unspecified atom stereocenters. The van der Waals surface area contributed by atoms with Crippen LogP contribution in [0.15, 0.2) is 77.7 Å². The molecule has 6 nitrogen and oxygen atoms in total. The van der Waals surface area contributed by atoms with E-state index in [-0.39, 0.29) is 23.9 Å². The van der Waals surface area contributed by atoms with Crippen LogP contribution in [0.5, 0.6) is 17.5 Å². The van der Waals surface area contributed by atoms with Gasteiger partial charge in [0.2, 0.25) is 0 Å². The minimum atomic E-state index is -4.58. The molecule has 0 fully saturated rings. The van der Waals surface area contributed by atoms with Gasteiger partial charge in [0.05, 0.1) is 28.8 Å². The van der Waals surface area contributed by atoms with Gasteiger partial charge in [0.25, 0.3) is 11.6 Å². The van der Waals surface area contributed by atoms with Crippen molar-refractivity contribution in [3.8, 4) is 23.6 Å². The molecule has 0 aliphatic rings. The number of aromatic amines is 1. The maximum absolute atomic E-state index is 13.0. The lowest BCUT2D eigenvalue weighted by Gasteiger charge is -2.12. The van der Waals surface area contributed by atoms with Crippen LogP contribution in [0.1, 0.15) is 27.8 Å². The molecule has 0 aliphatic carbocycles. The number of rotatable bonds is 8. The van der Waals surface area contributed by atoms with Crippen molar-refractivity contribution in [1.82, 2.24) is 9.97 Å². The van der Waals surface area contributed by atoms with Crippen LogP contribution in [0.3, 0.4) is 0 Å². The third-order valence-electron chi connectivity index (χ3n) is 5.36. The van der Waals surface area contributed by atoms with Crippen LogP contribution < -0.4 is 15.0 Å². The van der Waals surface area contributed by atoms with Crippen molar-refractivity contribution in [1.29, 1.82) is 5.26 Å². The fourth-order valence-corrected chi connectivity index (χ4v) is 3.66. The second kappa shape index (κ2) is 11.2. The molecule has 0 amide bonds. The highest BCUT2D eigenvalue weighted by Gasteiger charge is 2.33. The summed E-state index contributed by atoms with van der Waals surface area (Å²) in [5.74, 6) is 0.384. The van der Waals surface area contributed by atoms with Gasteiger partial charge in [-0.2, -0.15) is 18.4 Å². The van der Waals surface area contributed by atoms with E-state index in [1.54, 1.807) is 48.5 Å². The highest BCUT2D eigenvalue weighted by Crippen LogP contribution is 2.37. The SMILES string of the molecule is N#Cc1ccc(Cc2cnc(OCCc3ccc(Oc4ccc(Cl)c(C(F)(F)F)c4)cc3)[nH]c2=O)cc1. The van der Waals surface area contributed by atoms with E-state index in [4.69, 9.17) is 26.3 Å². The fraction of sp³-hybridized carbons (Fsp3) is 0.148. The van der Waals surface area contributed by atoms with Crippen molar-refractivity contribution in [2.45, 2.75) is 19.0 Å². The zero-order chi connectivity index (χ0) is 26.4. The van der Waals surface area contributed by atoms with Gasteiger partial charge >= 0.3 is 6.18 Å². The second-order valence-electron chi connectivity index (χ2n) is 8.01. The van der Waals surface area contributed by atoms with Crippen molar-refractivity contribution >= 4 is 11.6 Å². The largest absolute Gasteiger partial charge is 0.464 e. The van der Waals surface area contributed by atoms with Crippen LogP contribution >= 0.6 is 11.6 Å². The lowest BCUT2D eigenvalue weighted by molar-refractivity contribution is -0.137. The van der Waals surface area contributed by atoms with E-state index in [0.29, 0.717) is 29.7 Å². The molecule has 1 heterocycles. The molecule has 4 aromatic rings. The van der Waals surface area contributed by atoms with Crippen molar-refractivity contribution in [3.63, 3.8) is 0 Å². The highest BCUT2D eigenvalue weighted by atomic mass is 35.5. The zero-order valence-electron chi connectivity index (χ0n) is 19.2. The summed E-state index contributed by atoms with van der Waals surface area (Å²) in [6.45, 7) is 0.240.